The topological polar surface area (TPSA) is 56.2 Å². The molecule has 4 nitrogen and oxygen atoms in total. The normalized spacial score (nSPS) is 11.2. The van der Waals surface area contributed by atoms with Gasteiger partial charge in [-0.3, -0.25) is 0 Å². The second-order valence-electron chi connectivity index (χ2n) is 3.02. The van der Waals surface area contributed by atoms with Gasteiger partial charge in [-0.25, -0.2) is 4.52 Å². The molecule has 0 aliphatic rings. The molecule has 0 aromatic carbocycles. The van der Waals surface area contributed by atoms with E-state index in [0.29, 0.717) is 5.95 Å². The van der Waals surface area contributed by atoms with Crippen molar-refractivity contribution in [3.8, 4) is 0 Å². The summed E-state index contributed by atoms with van der Waals surface area (Å²) in [6, 6.07) is 0. The summed E-state index contributed by atoms with van der Waals surface area (Å²) in [5, 5.41) is 4.15. The molecule has 0 spiro atoms. The minimum atomic E-state index is 0.364. The van der Waals surface area contributed by atoms with E-state index in [4.69, 9.17) is 5.73 Å². The first-order valence-corrected chi connectivity index (χ1v) is 5.14. The molecule has 2 N–H and O–H groups in total. The molecule has 0 radical (unpaired) electrons. The molecule has 5 heteroatoms. The summed E-state index contributed by atoms with van der Waals surface area (Å²) in [6.45, 7) is 4.26. The fourth-order valence-electron chi connectivity index (χ4n) is 1.42. The molecule has 0 saturated heterocycles. The van der Waals surface area contributed by atoms with Gasteiger partial charge in [0.2, 0.25) is 10.9 Å². The highest BCUT2D eigenvalue weighted by Crippen LogP contribution is 2.22. The van der Waals surface area contributed by atoms with Crippen molar-refractivity contribution in [3.63, 3.8) is 0 Å². The number of hydrogen-bond donors (Lipinski definition) is 1. The monoisotopic (exact) mass is 196 g/mol. The Morgan fingerprint density at radius 3 is 3.00 bits per heavy atom. The molecule has 0 aliphatic heterocycles. The summed E-state index contributed by atoms with van der Waals surface area (Å²) >= 11 is 1.65. The van der Waals surface area contributed by atoms with Gasteiger partial charge in [0.05, 0.1) is 5.69 Å². The third-order valence-corrected chi connectivity index (χ3v) is 2.98. The average Bonchev–Trinajstić information content (AvgIpc) is 2.52. The minimum Gasteiger partial charge on any atom is -0.366 e. The van der Waals surface area contributed by atoms with Crippen LogP contribution in [0.15, 0.2) is 0 Å². The van der Waals surface area contributed by atoms with Gasteiger partial charge in [-0.2, -0.15) is 4.98 Å². The lowest BCUT2D eigenvalue weighted by molar-refractivity contribution is 0.813. The Kier molecular flexibility index (Phi) is 1.95. The van der Waals surface area contributed by atoms with E-state index < -0.39 is 0 Å². The summed E-state index contributed by atoms with van der Waals surface area (Å²) in [5.74, 6) is 0.364. The van der Waals surface area contributed by atoms with Crippen molar-refractivity contribution in [2.75, 3.05) is 5.73 Å². The molecule has 0 aliphatic carbocycles. The maximum absolute atomic E-state index is 5.51. The van der Waals surface area contributed by atoms with Crippen LogP contribution in [-0.2, 0) is 6.42 Å². The van der Waals surface area contributed by atoms with Gasteiger partial charge in [0.25, 0.3) is 0 Å². The van der Waals surface area contributed by atoms with Crippen molar-refractivity contribution < 1.29 is 0 Å². The summed E-state index contributed by atoms with van der Waals surface area (Å²) in [5.41, 5.74) is 6.76. The predicted molar refractivity (Wildman–Crippen MR) is 54.0 cm³/mol. The molecule has 0 saturated carbocycles. The van der Waals surface area contributed by atoms with E-state index in [1.807, 2.05) is 4.52 Å². The zero-order valence-electron chi connectivity index (χ0n) is 7.74. The molecule has 2 heterocycles. The molecule has 2 rings (SSSR count). The molecule has 0 unspecified atom stereocenters. The zero-order chi connectivity index (χ0) is 9.42. The smallest absolute Gasteiger partial charge is 0.241 e. The van der Waals surface area contributed by atoms with Crippen LogP contribution in [-0.4, -0.2) is 14.6 Å². The van der Waals surface area contributed by atoms with E-state index in [2.05, 4.69) is 23.9 Å². The molecular formula is C8H12N4S. The molecule has 2 aromatic rings. The van der Waals surface area contributed by atoms with Crippen LogP contribution in [0.1, 0.15) is 23.9 Å². The van der Waals surface area contributed by atoms with E-state index in [1.165, 1.54) is 10.6 Å². The number of aromatic nitrogens is 3. The minimum absolute atomic E-state index is 0.364. The van der Waals surface area contributed by atoms with Crippen molar-refractivity contribution in [3.05, 3.63) is 10.6 Å². The van der Waals surface area contributed by atoms with E-state index >= 15 is 0 Å². The highest BCUT2D eigenvalue weighted by molar-refractivity contribution is 7.17. The van der Waals surface area contributed by atoms with Crippen LogP contribution in [0.5, 0.6) is 0 Å². The molecule has 0 fully saturated rings. The Balaban J connectivity index is 2.61. The summed E-state index contributed by atoms with van der Waals surface area (Å²) in [6.07, 6.45) is 2.15. The number of aryl methyl sites for hydroxylation is 2. The quantitative estimate of drug-likeness (QED) is 0.794. The van der Waals surface area contributed by atoms with E-state index in [-0.39, 0.29) is 0 Å². The Morgan fingerprint density at radius 2 is 2.31 bits per heavy atom. The second kappa shape index (κ2) is 2.99. The molecule has 70 valence electrons. The van der Waals surface area contributed by atoms with Gasteiger partial charge in [0.15, 0.2) is 0 Å². The Bertz CT molecular complexity index is 428. The Hall–Kier alpha value is -1.10. The van der Waals surface area contributed by atoms with Crippen molar-refractivity contribution in [1.82, 2.24) is 14.6 Å². The van der Waals surface area contributed by atoms with Crippen LogP contribution in [0.25, 0.3) is 4.96 Å². The predicted octanol–water partition coefficient (Wildman–Crippen LogP) is 1.63. The largest absolute Gasteiger partial charge is 0.366 e. The van der Waals surface area contributed by atoms with Crippen LogP contribution < -0.4 is 5.73 Å². The van der Waals surface area contributed by atoms with E-state index in [9.17, 15) is 0 Å². The number of nitrogen functional groups attached to an aromatic ring is 1. The second-order valence-corrected chi connectivity index (χ2v) is 4.20. The maximum atomic E-state index is 5.51. The van der Waals surface area contributed by atoms with Crippen LogP contribution in [0.3, 0.4) is 0 Å². The van der Waals surface area contributed by atoms with Crippen LogP contribution >= 0.6 is 11.3 Å². The lowest BCUT2D eigenvalue weighted by Gasteiger charge is -1.95. The van der Waals surface area contributed by atoms with Gasteiger partial charge in [-0.1, -0.05) is 24.7 Å². The maximum Gasteiger partial charge on any atom is 0.241 e. The van der Waals surface area contributed by atoms with E-state index in [1.54, 1.807) is 11.3 Å². The van der Waals surface area contributed by atoms with Gasteiger partial charge < -0.3 is 5.73 Å². The number of fused-ring (bicyclic) bond motifs is 1. The lowest BCUT2D eigenvalue weighted by atomic mass is 10.2. The number of hydrogen-bond acceptors (Lipinski definition) is 4. The third-order valence-electron chi connectivity index (χ3n) is 1.99. The first kappa shape index (κ1) is 8.50. The molecule has 0 atom stereocenters. The number of nitrogens with two attached hydrogens (primary N) is 1. The third kappa shape index (κ3) is 1.29. The fraction of sp³-hybridized carbons (Fsp3) is 0.500. The number of anilines is 1. The number of thiazole rings is 1. The SMILES string of the molecule is CCCc1c(C)sc2nc(N)nn12. The molecule has 0 bridgehead atoms. The van der Waals surface area contributed by atoms with Crippen molar-refractivity contribution in [2.45, 2.75) is 26.7 Å². The van der Waals surface area contributed by atoms with Crippen molar-refractivity contribution in [2.24, 2.45) is 0 Å². The molecule has 13 heavy (non-hydrogen) atoms. The zero-order valence-corrected chi connectivity index (χ0v) is 8.56. The Morgan fingerprint density at radius 1 is 1.54 bits per heavy atom. The lowest BCUT2D eigenvalue weighted by Crippen LogP contribution is -1.96. The fourth-order valence-corrected chi connectivity index (χ4v) is 2.38. The number of nitrogens with zero attached hydrogens (tertiary/aromatic N) is 3. The highest BCUT2D eigenvalue weighted by atomic mass is 32.1. The van der Waals surface area contributed by atoms with Crippen molar-refractivity contribution >= 4 is 22.2 Å². The van der Waals surface area contributed by atoms with Gasteiger partial charge in [-0.05, 0) is 13.3 Å². The van der Waals surface area contributed by atoms with Crippen LogP contribution in [0.4, 0.5) is 5.95 Å². The molecule has 0 amide bonds. The van der Waals surface area contributed by atoms with Gasteiger partial charge in [0.1, 0.15) is 0 Å². The first-order valence-electron chi connectivity index (χ1n) is 4.33. The van der Waals surface area contributed by atoms with E-state index in [0.717, 1.165) is 17.8 Å². The molecule has 2 aromatic heterocycles. The Labute approximate surface area is 80.4 Å². The average molecular weight is 196 g/mol. The van der Waals surface area contributed by atoms with Crippen molar-refractivity contribution in [1.29, 1.82) is 0 Å². The van der Waals surface area contributed by atoms with Crippen LogP contribution in [0, 0.1) is 6.92 Å². The van der Waals surface area contributed by atoms with Crippen LogP contribution in [0.2, 0.25) is 0 Å². The highest BCUT2D eigenvalue weighted by Gasteiger charge is 2.10. The number of rotatable bonds is 2. The van der Waals surface area contributed by atoms with Gasteiger partial charge in [0, 0.05) is 4.88 Å². The first-order chi connectivity index (χ1) is 6.22. The van der Waals surface area contributed by atoms with Gasteiger partial charge >= 0.3 is 0 Å². The van der Waals surface area contributed by atoms with Gasteiger partial charge in [-0.15, -0.1) is 5.10 Å². The molecular weight excluding hydrogens is 184 g/mol. The summed E-state index contributed by atoms with van der Waals surface area (Å²) in [7, 11) is 0. The summed E-state index contributed by atoms with van der Waals surface area (Å²) in [4.78, 5) is 6.32. The standard InChI is InChI=1S/C8H12N4S/c1-3-4-6-5(2)13-8-10-7(9)11-12(6)8/h3-4H2,1-2H3,(H2,9,11). The summed E-state index contributed by atoms with van der Waals surface area (Å²) < 4.78 is 1.86.